The van der Waals surface area contributed by atoms with Crippen molar-refractivity contribution in [2.75, 3.05) is 6.61 Å². The molecular formula is C16H17F3O2. The molecule has 2 nitrogen and oxygen atoms in total. The van der Waals surface area contributed by atoms with Gasteiger partial charge in [-0.2, -0.15) is 13.2 Å². The summed E-state index contributed by atoms with van der Waals surface area (Å²) in [4.78, 5) is 0. The molecule has 114 valence electrons. The van der Waals surface area contributed by atoms with Gasteiger partial charge >= 0.3 is 6.18 Å². The molecule has 5 heteroatoms. The van der Waals surface area contributed by atoms with Crippen LogP contribution in [0.5, 0.6) is 5.75 Å². The molecule has 0 radical (unpaired) electrons. The standard InChI is InChI=1S/C16H17F3O2/c1-2-3-10-21-13-9-5-7-11-6-4-8-12(14(11)13)15(20)16(17,18)19/h4-9,15,20H,2-3,10H2,1H3. The Balaban J connectivity index is 2.50. The molecule has 0 saturated heterocycles. The van der Waals surface area contributed by atoms with E-state index in [9.17, 15) is 18.3 Å². The largest absolute Gasteiger partial charge is 0.493 e. The highest BCUT2D eigenvalue weighted by Crippen LogP contribution is 2.39. The van der Waals surface area contributed by atoms with E-state index in [0.29, 0.717) is 23.1 Å². The number of halogens is 3. The Morgan fingerprint density at radius 2 is 1.81 bits per heavy atom. The number of aliphatic hydroxyl groups is 1. The fourth-order valence-electron chi connectivity index (χ4n) is 2.19. The van der Waals surface area contributed by atoms with Crippen LogP contribution in [0.25, 0.3) is 10.8 Å². The lowest BCUT2D eigenvalue weighted by Crippen LogP contribution is -2.20. The molecule has 0 saturated carbocycles. The highest BCUT2D eigenvalue weighted by atomic mass is 19.4. The predicted molar refractivity (Wildman–Crippen MR) is 75.4 cm³/mol. The minimum absolute atomic E-state index is 0.174. The van der Waals surface area contributed by atoms with Crippen LogP contribution in [0, 0.1) is 0 Å². The number of unbranched alkanes of at least 4 members (excludes halogenated alkanes) is 1. The molecular weight excluding hydrogens is 281 g/mol. The summed E-state index contributed by atoms with van der Waals surface area (Å²) in [5, 5.41) is 10.5. The lowest BCUT2D eigenvalue weighted by Gasteiger charge is -2.18. The summed E-state index contributed by atoms with van der Waals surface area (Å²) in [5.41, 5.74) is -0.174. The highest BCUT2D eigenvalue weighted by Gasteiger charge is 2.40. The topological polar surface area (TPSA) is 29.5 Å². The van der Waals surface area contributed by atoms with Gasteiger partial charge in [0.15, 0.2) is 6.10 Å². The Morgan fingerprint density at radius 3 is 2.43 bits per heavy atom. The number of ether oxygens (including phenoxy) is 1. The second-order valence-electron chi connectivity index (χ2n) is 4.85. The quantitative estimate of drug-likeness (QED) is 0.816. The van der Waals surface area contributed by atoms with E-state index < -0.39 is 12.3 Å². The molecule has 0 aliphatic rings. The molecule has 0 aliphatic heterocycles. The van der Waals surface area contributed by atoms with Crippen LogP contribution in [0.3, 0.4) is 0 Å². The number of fused-ring (bicyclic) bond motifs is 1. The van der Waals surface area contributed by atoms with Crippen LogP contribution in [0.2, 0.25) is 0 Å². The zero-order valence-electron chi connectivity index (χ0n) is 11.7. The Hall–Kier alpha value is -1.75. The molecule has 0 aromatic heterocycles. The van der Waals surface area contributed by atoms with Crippen molar-refractivity contribution < 1.29 is 23.0 Å². The Bertz CT molecular complexity index is 603. The number of benzene rings is 2. The maximum atomic E-state index is 12.8. The normalized spacial score (nSPS) is 13.4. The average Bonchev–Trinajstić information content (AvgIpc) is 2.45. The number of rotatable bonds is 5. The third kappa shape index (κ3) is 3.47. The average molecular weight is 298 g/mol. The molecule has 1 unspecified atom stereocenters. The fourth-order valence-corrected chi connectivity index (χ4v) is 2.19. The zero-order valence-corrected chi connectivity index (χ0v) is 11.7. The smallest absolute Gasteiger partial charge is 0.418 e. The minimum atomic E-state index is -4.70. The van der Waals surface area contributed by atoms with Gasteiger partial charge in [0.05, 0.1) is 6.61 Å². The lowest BCUT2D eigenvalue weighted by atomic mass is 9.99. The first-order valence-corrected chi connectivity index (χ1v) is 6.84. The van der Waals surface area contributed by atoms with Crippen molar-refractivity contribution in [3.8, 4) is 5.75 Å². The van der Waals surface area contributed by atoms with Crippen LogP contribution in [-0.4, -0.2) is 17.9 Å². The molecule has 21 heavy (non-hydrogen) atoms. The zero-order chi connectivity index (χ0) is 15.5. The first kappa shape index (κ1) is 15.6. The van der Waals surface area contributed by atoms with E-state index in [1.807, 2.05) is 6.92 Å². The molecule has 0 spiro atoms. The Kier molecular flexibility index (Phi) is 4.73. The molecule has 2 aromatic rings. The van der Waals surface area contributed by atoms with Gasteiger partial charge in [-0.3, -0.25) is 0 Å². The van der Waals surface area contributed by atoms with Crippen LogP contribution in [0.4, 0.5) is 13.2 Å². The summed E-state index contributed by atoms with van der Waals surface area (Å²) < 4.78 is 44.0. The molecule has 0 fully saturated rings. The summed E-state index contributed by atoms with van der Waals surface area (Å²) in [7, 11) is 0. The minimum Gasteiger partial charge on any atom is -0.493 e. The van der Waals surface area contributed by atoms with Gasteiger partial charge in [0.25, 0.3) is 0 Å². The Labute approximate surface area is 121 Å². The Morgan fingerprint density at radius 1 is 1.14 bits per heavy atom. The number of alkyl halides is 3. The molecule has 0 aliphatic carbocycles. The second kappa shape index (κ2) is 6.35. The van der Waals surface area contributed by atoms with Crippen LogP contribution >= 0.6 is 0 Å². The maximum Gasteiger partial charge on any atom is 0.418 e. The lowest BCUT2D eigenvalue weighted by molar-refractivity contribution is -0.206. The monoisotopic (exact) mass is 298 g/mol. The SMILES string of the molecule is CCCCOc1cccc2cccc(C(O)C(F)(F)F)c12. The van der Waals surface area contributed by atoms with E-state index in [0.717, 1.165) is 12.8 Å². The van der Waals surface area contributed by atoms with E-state index in [1.165, 1.54) is 12.1 Å². The van der Waals surface area contributed by atoms with Crippen LogP contribution in [-0.2, 0) is 0 Å². The summed E-state index contributed by atoms with van der Waals surface area (Å²) in [5.74, 6) is 0.375. The third-order valence-corrected chi connectivity index (χ3v) is 3.26. The fraction of sp³-hybridized carbons (Fsp3) is 0.375. The van der Waals surface area contributed by atoms with Gasteiger partial charge in [-0.1, -0.05) is 43.7 Å². The molecule has 2 rings (SSSR count). The van der Waals surface area contributed by atoms with Crippen molar-refractivity contribution >= 4 is 10.8 Å². The van der Waals surface area contributed by atoms with Gasteiger partial charge in [-0.15, -0.1) is 0 Å². The third-order valence-electron chi connectivity index (χ3n) is 3.26. The first-order valence-electron chi connectivity index (χ1n) is 6.84. The molecule has 0 heterocycles. The van der Waals surface area contributed by atoms with Crippen LogP contribution in [0.1, 0.15) is 31.4 Å². The van der Waals surface area contributed by atoms with Crippen molar-refractivity contribution in [1.29, 1.82) is 0 Å². The molecule has 1 atom stereocenters. The maximum absolute atomic E-state index is 12.8. The van der Waals surface area contributed by atoms with E-state index >= 15 is 0 Å². The van der Waals surface area contributed by atoms with Crippen LogP contribution in [0.15, 0.2) is 36.4 Å². The highest BCUT2D eigenvalue weighted by molar-refractivity contribution is 5.91. The molecule has 1 N–H and O–H groups in total. The van der Waals surface area contributed by atoms with Gasteiger partial charge in [-0.05, 0) is 17.9 Å². The summed E-state index contributed by atoms with van der Waals surface area (Å²) in [6.07, 6.45) is -5.47. The second-order valence-corrected chi connectivity index (χ2v) is 4.85. The number of hydrogen-bond donors (Lipinski definition) is 1. The van der Waals surface area contributed by atoms with Crippen molar-refractivity contribution in [1.82, 2.24) is 0 Å². The van der Waals surface area contributed by atoms with Gasteiger partial charge in [0.2, 0.25) is 0 Å². The van der Waals surface area contributed by atoms with Gasteiger partial charge in [0, 0.05) is 10.9 Å². The molecule has 0 amide bonds. The van der Waals surface area contributed by atoms with Gasteiger partial charge in [0.1, 0.15) is 5.75 Å². The van der Waals surface area contributed by atoms with Crippen molar-refractivity contribution in [2.24, 2.45) is 0 Å². The molecule has 0 bridgehead atoms. The van der Waals surface area contributed by atoms with E-state index in [2.05, 4.69) is 0 Å². The van der Waals surface area contributed by atoms with Gasteiger partial charge < -0.3 is 9.84 Å². The summed E-state index contributed by atoms with van der Waals surface area (Å²) in [6, 6.07) is 9.55. The first-order chi connectivity index (χ1) is 9.95. The number of aliphatic hydroxyl groups excluding tert-OH is 1. The predicted octanol–water partition coefficient (Wildman–Crippen LogP) is 4.61. The van der Waals surface area contributed by atoms with Crippen molar-refractivity contribution in [3.05, 3.63) is 42.0 Å². The number of hydrogen-bond acceptors (Lipinski definition) is 2. The molecule has 2 aromatic carbocycles. The summed E-state index contributed by atoms with van der Waals surface area (Å²) >= 11 is 0. The van der Waals surface area contributed by atoms with Crippen molar-refractivity contribution in [2.45, 2.75) is 32.0 Å². The van der Waals surface area contributed by atoms with Crippen molar-refractivity contribution in [3.63, 3.8) is 0 Å². The summed E-state index contributed by atoms with van der Waals surface area (Å²) in [6.45, 7) is 2.44. The van der Waals surface area contributed by atoms with Gasteiger partial charge in [-0.25, -0.2) is 0 Å². The van der Waals surface area contributed by atoms with Crippen LogP contribution < -0.4 is 4.74 Å². The van der Waals surface area contributed by atoms with E-state index in [-0.39, 0.29) is 5.56 Å². The van der Waals surface area contributed by atoms with E-state index in [4.69, 9.17) is 4.74 Å². The van der Waals surface area contributed by atoms with E-state index in [1.54, 1.807) is 24.3 Å².